The SMILES string of the molecule is Cc1ccc(OCC(=O)N2CCN(C(=O)C3CCCO3)CC2)c(C(C)(C)C)c1. The van der Waals surface area contributed by atoms with Crippen LogP contribution in [0.3, 0.4) is 0 Å². The quantitative estimate of drug-likeness (QED) is 0.795. The summed E-state index contributed by atoms with van der Waals surface area (Å²) in [7, 11) is 0. The maximum Gasteiger partial charge on any atom is 0.260 e. The minimum atomic E-state index is -0.289. The Balaban J connectivity index is 1.52. The largest absolute Gasteiger partial charge is 0.483 e. The summed E-state index contributed by atoms with van der Waals surface area (Å²) in [5, 5.41) is 0. The van der Waals surface area contributed by atoms with E-state index < -0.39 is 0 Å². The molecule has 0 radical (unpaired) electrons. The van der Waals surface area contributed by atoms with Gasteiger partial charge >= 0.3 is 0 Å². The van der Waals surface area contributed by atoms with Gasteiger partial charge in [-0.25, -0.2) is 0 Å². The van der Waals surface area contributed by atoms with E-state index in [1.807, 2.05) is 17.0 Å². The zero-order valence-electron chi connectivity index (χ0n) is 17.5. The molecule has 2 aliphatic heterocycles. The van der Waals surface area contributed by atoms with Gasteiger partial charge in [-0.2, -0.15) is 0 Å². The molecule has 1 aromatic rings. The Morgan fingerprint density at radius 2 is 1.82 bits per heavy atom. The average molecular weight is 389 g/mol. The summed E-state index contributed by atoms with van der Waals surface area (Å²) in [6.07, 6.45) is 1.46. The highest BCUT2D eigenvalue weighted by atomic mass is 16.5. The van der Waals surface area contributed by atoms with Crippen LogP contribution in [-0.4, -0.2) is 67.1 Å². The first-order chi connectivity index (χ1) is 13.3. The summed E-state index contributed by atoms with van der Waals surface area (Å²) in [5.41, 5.74) is 2.22. The number of ether oxygens (including phenoxy) is 2. The van der Waals surface area contributed by atoms with E-state index in [1.54, 1.807) is 4.90 Å². The Morgan fingerprint density at radius 3 is 2.43 bits per heavy atom. The summed E-state index contributed by atoms with van der Waals surface area (Å²) in [4.78, 5) is 28.6. The Bertz CT molecular complexity index is 712. The Kier molecular flexibility index (Phi) is 6.28. The van der Waals surface area contributed by atoms with Crippen molar-refractivity contribution in [3.8, 4) is 5.75 Å². The lowest BCUT2D eigenvalue weighted by Crippen LogP contribution is -2.53. The average Bonchev–Trinajstić information content (AvgIpc) is 3.20. The molecule has 0 saturated carbocycles. The molecule has 28 heavy (non-hydrogen) atoms. The molecule has 0 bridgehead atoms. The van der Waals surface area contributed by atoms with Crippen LogP contribution in [0.1, 0.15) is 44.7 Å². The van der Waals surface area contributed by atoms with Crippen LogP contribution in [0.2, 0.25) is 0 Å². The van der Waals surface area contributed by atoms with Crippen molar-refractivity contribution >= 4 is 11.8 Å². The number of carbonyl (C=O) groups excluding carboxylic acids is 2. The zero-order valence-corrected chi connectivity index (χ0v) is 17.5. The molecule has 3 rings (SSSR count). The van der Waals surface area contributed by atoms with Gasteiger partial charge in [0.15, 0.2) is 6.61 Å². The van der Waals surface area contributed by atoms with Gasteiger partial charge in [-0.15, -0.1) is 0 Å². The number of amides is 2. The van der Waals surface area contributed by atoms with Gasteiger partial charge in [0.25, 0.3) is 11.8 Å². The molecule has 0 aromatic heterocycles. The molecule has 2 saturated heterocycles. The molecule has 1 aromatic carbocycles. The molecule has 154 valence electrons. The van der Waals surface area contributed by atoms with E-state index in [-0.39, 0.29) is 29.9 Å². The number of hydrogen-bond acceptors (Lipinski definition) is 4. The highest BCUT2D eigenvalue weighted by Crippen LogP contribution is 2.32. The van der Waals surface area contributed by atoms with E-state index in [1.165, 1.54) is 5.56 Å². The number of nitrogens with zero attached hydrogens (tertiary/aromatic N) is 2. The summed E-state index contributed by atoms with van der Waals surface area (Å²) in [6, 6.07) is 6.07. The summed E-state index contributed by atoms with van der Waals surface area (Å²) >= 11 is 0. The molecule has 2 aliphatic rings. The van der Waals surface area contributed by atoms with Crippen LogP contribution >= 0.6 is 0 Å². The van der Waals surface area contributed by atoms with Crippen molar-refractivity contribution in [2.75, 3.05) is 39.4 Å². The van der Waals surface area contributed by atoms with Gasteiger partial charge in [0.1, 0.15) is 11.9 Å². The van der Waals surface area contributed by atoms with Crippen LogP contribution in [0, 0.1) is 6.92 Å². The van der Waals surface area contributed by atoms with Crippen LogP contribution in [0.5, 0.6) is 5.75 Å². The predicted molar refractivity (Wildman–Crippen MR) is 108 cm³/mol. The smallest absolute Gasteiger partial charge is 0.260 e. The standard InChI is InChI=1S/C22H32N2O4/c1-16-7-8-18(17(14-16)22(2,3)4)28-15-20(25)23-9-11-24(12-10-23)21(26)19-6-5-13-27-19/h7-8,14,19H,5-6,9-13,15H2,1-4H3. The first-order valence-electron chi connectivity index (χ1n) is 10.2. The first-order valence-corrected chi connectivity index (χ1v) is 10.2. The molecular weight excluding hydrogens is 356 g/mol. The Labute approximate surface area is 167 Å². The summed E-state index contributed by atoms with van der Waals surface area (Å²) in [5.74, 6) is 0.790. The second-order valence-corrected chi connectivity index (χ2v) is 8.75. The van der Waals surface area contributed by atoms with Gasteiger partial charge < -0.3 is 19.3 Å². The summed E-state index contributed by atoms with van der Waals surface area (Å²) < 4.78 is 11.4. The minimum absolute atomic E-state index is 0.0197. The molecule has 1 atom stereocenters. The third-order valence-corrected chi connectivity index (χ3v) is 5.44. The lowest BCUT2D eigenvalue weighted by Gasteiger charge is -2.35. The van der Waals surface area contributed by atoms with Gasteiger partial charge in [0.2, 0.25) is 0 Å². The van der Waals surface area contributed by atoms with Crippen LogP contribution in [0.15, 0.2) is 18.2 Å². The van der Waals surface area contributed by atoms with Crippen LogP contribution < -0.4 is 4.74 Å². The topological polar surface area (TPSA) is 59.1 Å². The zero-order chi connectivity index (χ0) is 20.3. The number of carbonyl (C=O) groups is 2. The van der Waals surface area contributed by atoms with Crippen molar-refractivity contribution in [3.05, 3.63) is 29.3 Å². The van der Waals surface area contributed by atoms with Gasteiger partial charge in [-0.3, -0.25) is 9.59 Å². The van der Waals surface area contributed by atoms with Crippen LogP contribution in [0.25, 0.3) is 0 Å². The predicted octanol–water partition coefficient (Wildman–Crippen LogP) is 2.52. The van der Waals surface area contributed by atoms with Crippen LogP contribution in [0.4, 0.5) is 0 Å². The lowest BCUT2D eigenvalue weighted by atomic mass is 9.85. The van der Waals surface area contributed by atoms with E-state index in [4.69, 9.17) is 9.47 Å². The molecule has 2 heterocycles. The highest BCUT2D eigenvalue weighted by molar-refractivity contribution is 5.82. The maximum atomic E-state index is 12.6. The molecule has 0 aliphatic carbocycles. The van der Waals surface area contributed by atoms with Gasteiger partial charge in [-0.05, 0) is 36.8 Å². The van der Waals surface area contributed by atoms with Crippen molar-refractivity contribution in [1.82, 2.24) is 9.80 Å². The fourth-order valence-corrected chi connectivity index (χ4v) is 3.74. The maximum absolute atomic E-state index is 12.6. The second-order valence-electron chi connectivity index (χ2n) is 8.75. The monoisotopic (exact) mass is 388 g/mol. The van der Waals surface area contributed by atoms with E-state index >= 15 is 0 Å². The number of aryl methyl sites for hydroxylation is 1. The molecule has 2 fully saturated rings. The van der Waals surface area contributed by atoms with E-state index in [0.717, 1.165) is 24.2 Å². The van der Waals surface area contributed by atoms with Gasteiger partial charge in [0.05, 0.1) is 0 Å². The van der Waals surface area contributed by atoms with Crippen molar-refractivity contribution in [1.29, 1.82) is 0 Å². The normalized spacial score (nSPS) is 20.4. The lowest BCUT2D eigenvalue weighted by molar-refractivity contribution is -0.146. The highest BCUT2D eigenvalue weighted by Gasteiger charge is 2.31. The van der Waals surface area contributed by atoms with Crippen LogP contribution in [-0.2, 0) is 19.7 Å². The van der Waals surface area contributed by atoms with Crippen molar-refractivity contribution in [2.24, 2.45) is 0 Å². The minimum Gasteiger partial charge on any atom is -0.483 e. The fraction of sp³-hybridized carbons (Fsp3) is 0.636. The number of hydrogen-bond donors (Lipinski definition) is 0. The van der Waals surface area contributed by atoms with Crippen molar-refractivity contribution in [2.45, 2.75) is 52.1 Å². The molecule has 1 unspecified atom stereocenters. The fourth-order valence-electron chi connectivity index (χ4n) is 3.74. The second kappa shape index (κ2) is 8.52. The van der Waals surface area contributed by atoms with E-state index in [9.17, 15) is 9.59 Å². The Hall–Kier alpha value is -2.08. The third kappa shape index (κ3) is 4.85. The molecular formula is C22H32N2O4. The van der Waals surface area contributed by atoms with Crippen molar-refractivity contribution in [3.63, 3.8) is 0 Å². The molecule has 6 nitrogen and oxygen atoms in total. The number of rotatable bonds is 4. The number of piperazine rings is 1. The number of benzene rings is 1. The van der Waals surface area contributed by atoms with E-state index in [0.29, 0.717) is 32.8 Å². The van der Waals surface area contributed by atoms with Gasteiger partial charge in [0, 0.05) is 32.8 Å². The van der Waals surface area contributed by atoms with Crippen molar-refractivity contribution < 1.29 is 19.1 Å². The molecule has 6 heteroatoms. The molecule has 0 spiro atoms. The van der Waals surface area contributed by atoms with Gasteiger partial charge in [-0.1, -0.05) is 38.5 Å². The third-order valence-electron chi connectivity index (χ3n) is 5.44. The Morgan fingerprint density at radius 1 is 1.14 bits per heavy atom. The van der Waals surface area contributed by atoms with E-state index in [2.05, 4.69) is 33.8 Å². The molecule has 2 amide bonds. The first kappa shape index (κ1) is 20.6. The molecule has 0 N–H and O–H groups in total. The summed E-state index contributed by atoms with van der Waals surface area (Å²) in [6.45, 7) is 11.4.